The molecule has 2 aromatic rings. The Balaban J connectivity index is 2.08. The van der Waals surface area contributed by atoms with E-state index in [4.69, 9.17) is 9.84 Å². The average Bonchev–Trinajstić information content (AvgIpc) is 2.63. The Bertz CT molecular complexity index is 824. The van der Waals surface area contributed by atoms with Crippen molar-refractivity contribution in [1.82, 2.24) is 5.32 Å². The Morgan fingerprint density at radius 2 is 1.79 bits per heavy atom. The minimum atomic E-state index is -4.84. The van der Waals surface area contributed by atoms with Crippen molar-refractivity contribution in [3.63, 3.8) is 0 Å². The van der Waals surface area contributed by atoms with Gasteiger partial charge in [-0.1, -0.05) is 30.3 Å². The molecule has 2 aromatic carbocycles. The summed E-state index contributed by atoms with van der Waals surface area (Å²) >= 11 is 0. The quantitative estimate of drug-likeness (QED) is 0.395. The molecule has 0 bridgehead atoms. The molecular formula is C19H17F4NO4. The minimum Gasteiger partial charge on any atom is -0.465 e. The lowest BCUT2D eigenvalue weighted by atomic mass is 9.99. The first-order chi connectivity index (χ1) is 13.2. The molecule has 9 heteroatoms. The molecule has 0 aromatic heterocycles. The van der Waals surface area contributed by atoms with Crippen molar-refractivity contribution in [2.75, 3.05) is 6.61 Å². The van der Waals surface area contributed by atoms with E-state index in [9.17, 15) is 27.2 Å². The van der Waals surface area contributed by atoms with Crippen molar-refractivity contribution in [2.24, 2.45) is 0 Å². The zero-order chi connectivity index (χ0) is 20.7. The van der Waals surface area contributed by atoms with Crippen molar-refractivity contribution in [3.8, 4) is 0 Å². The standard InChI is InChI=1S/C19H17F4NO4/c20-15-9-13(8-14(10-15)19(21,22)23)17(25)16(24-18(26)27)6-7-28-11-12-4-2-1-3-5-12/h1-5,8-10,16,24H,6-7,11H2,(H,26,27)/t16-/m0/s1. The number of nitrogens with one attached hydrogen (secondary N) is 1. The largest absolute Gasteiger partial charge is 0.465 e. The van der Waals surface area contributed by atoms with Gasteiger partial charge in [-0.05, 0) is 30.2 Å². The van der Waals surface area contributed by atoms with E-state index in [-0.39, 0.29) is 25.7 Å². The maximum atomic E-state index is 13.5. The van der Waals surface area contributed by atoms with Crippen LogP contribution >= 0.6 is 0 Å². The fourth-order valence-electron chi connectivity index (χ4n) is 2.48. The number of ether oxygens (including phenoxy) is 1. The lowest BCUT2D eigenvalue weighted by molar-refractivity contribution is -0.137. The molecule has 2 rings (SSSR count). The summed E-state index contributed by atoms with van der Waals surface area (Å²) in [5, 5.41) is 10.8. The van der Waals surface area contributed by atoms with Gasteiger partial charge < -0.3 is 15.2 Å². The number of amides is 1. The first kappa shape index (κ1) is 21.4. The summed E-state index contributed by atoms with van der Waals surface area (Å²) in [4.78, 5) is 23.4. The van der Waals surface area contributed by atoms with Crippen molar-refractivity contribution < 1.29 is 37.0 Å². The maximum Gasteiger partial charge on any atom is 0.416 e. The van der Waals surface area contributed by atoms with Crippen LogP contribution in [-0.2, 0) is 17.5 Å². The van der Waals surface area contributed by atoms with Crippen molar-refractivity contribution >= 4 is 11.9 Å². The van der Waals surface area contributed by atoms with Gasteiger partial charge in [0.25, 0.3) is 0 Å². The van der Waals surface area contributed by atoms with Gasteiger partial charge >= 0.3 is 12.3 Å². The first-order valence-corrected chi connectivity index (χ1v) is 8.20. The molecule has 0 saturated heterocycles. The van der Waals surface area contributed by atoms with Crippen molar-refractivity contribution in [2.45, 2.75) is 25.2 Å². The summed E-state index contributed by atoms with van der Waals surface area (Å²) < 4.78 is 57.4. The van der Waals surface area contributed by atoms with Crippen LogP contribution in [0.15, 0.2) is 48.5 Å². The number of carbonyl (C=O) groups excluding carboxylic acids is 1. The van der Waals surface area contributed by atoms with E-state index < -0.39 is 41.0 Å². The second-order valence-electron chi connectivity index (χ2n) is 5.92. The molecule has 0 heterocycles. The van der Waals surface area contributed by atoms with Crippen LogP contribution in [0.3, 0.4) is 0 Å². The van der Waals surface area contributed by atoms with Gasteiger partial charge in [0, 0.05) is 12.2 Å². The molecule has 0 saturated carbocycles. The van der Waals surface area contributed by atoms with E-state index in [1.807, 2.05) is 23.5 Å². The van der Waals surface area contributed by atoms with Gasteiger partial charge in [0.2, 0.25) is 0 Å². The average molecular weight is 399 g/mol. The van der Waals surface area contributed by atoms with E-state index in [1.54, 1.807) is 12.1 Å². The predicted molar refractivity (Wildman–Crippen MR) is 91.4 cm³/mol. The summed E-state index contributed by atoms with van der Waals surface area (Å²) in [6.45, 7) is 0.181. The SMILES string of the molecule is O=C(O)N[C@@H](CCOCc1ccccc1)C(=O)c1cc(F)cc(C(F)(F)F)c1. The summed E-state index contributed by atoms with van der Waals surface area (Å²) in [6.07, 6.45) is -6.50. The zero-order valence-corrected chi connectivity index (χ0v) is 14.5. The zero-order valence-electron chi connectivity index (χ0n) is 14.5. The number of hydrogen-bond acceptors (Lipinski definition) is 3. The lowest BCUT2D eigenvalue weighted by Gasteiger charge is -2.17. The van der Waals surface area contributed by atoms with Crippen molar-refractivity contribution in [3.05, 3.63) is 71.0 Å². The van der Waals surface area contributed by atoms with Crippen LogP contribution in [0.2, 0.25) is 0 Å². The van der Waals surface area contributed by atoms with Gasteiger partial charge in [0.15, 0.2) is 5.78 Å². The number of alkyl halides is 3. The van der Waals surface area contributed by atoms with E-state index >= 15 is 0 Å². The number of hydrogen-bond donors (Lipinski definition) is 2. The van der Waals surface area contributed by atoms with Crippen LogP contribution in [0.1, 0.15) is 27.9 Å². The number of ketones is 1. The number of rotatable bonds is 8. The Morgan fingerprint density at radius 3 is 2.39 bits per heavy atom. The lowest BCUT2D eigenvalue weighted by Crippen LogP contribution is -2.41. The smallest absolute Gasteiger partial charge is 0.416 e. The summed E-state index contributed by atoms with van der Waals surface area (Å²) in [7, 11) is 0. The van der Waals surface area contributed by atoms with Gasteiger partial charge in [0.05, 0.1) is 18.2 Å². The highest BCUT2D eigenvalue weighted by Crippen LogP contribution is 2.30. The van der Waals surface area contributed by atoms with Crippen LogP contribution in [0.5, 0.6) is 0 Å². The molecule has 1 amide bonds. The molecular weight excluding hydrogens is 382 g/mol. The maximum absolute atomic E-state index is 13.5. The molecule has 0 aliphatic heterocycles. The minimum absolute atomic E-state index is 0.0347. The van der Waals surface area contributed by atoms with E-state index in [0.717, 1.165) is 5.56 Å². The third-order valence-corrected chi connectivity index (χ3v) is 3.79. The number of halogens is 4. The molecule has 28 heavy (non-hydrogen) atoms. The monoisotopic (exact) mass is 399 g/mol. The van der Waals surface area contributed by atoms with Crippen LogP contribution in [0.4, 0.5) is 22.4 Å². The van der Waals surface area contributed by atoms with E-state index in [2.05, 4.69) is 0 Å². The van der Waals surface area contributed by atoms with Gasteiger partial charge in [-0.2, -0.15) is 13.2 Å². The molecule has 0 spiro atoms. The van der Waals surface area contributed by atoms with Gasteiger partial charge in [0.1, 0.15) is 5.82 Å². The van der Waals surface area contributed by atoms with Crippen LogP contribution in [0, 0.1) is 5.82 Å². The highest BCUT2D eigenvalue weighted by Gasteiger charge is 2.33. The Labute approximate surface area is 157 Å². The molecule has 0 aliphatic carbocycles. The third-order valence-electron chi connectivity index (χ3n) is 3.79. The number of benzene rings is 2. The number of Topliss-reactive ketones (excluding diaryl/α,β-unsaturated/α-hetero) is 1. The van der Waals surface area contributed by atoms with Crippen LogP contribution < -0.4 is 5.32 Å². The molecule has 0 fully saturated rings. The second-order valence-corrected chi connectivity index (χ2v) is 5.92. The molecule has 2 N–H and O–H groups in total. The van der Waals surface area contributed by atoms with Gasteiger partial charge in [-0.3, -0.25) is 4.79 Å². The first-order valence-electron chi connectivity index (χ1n) is 8.20. The van der Waals surface area contributed by atoms with Gasteiger partial charge in [-0.25, -0.2) is 9.18 Å². The van der Waals surface area contributed by atoms with E-state index in [1.165, 1.54) is 0 Å². The molecule has 1 atom stereocenters. The highest BCUT2D eigenvalue weighted by molar-refractivity contribution is 6.01. The summed E-state index contributed by atoms with van der Waals surface area (Å²) in [5.74, 6) is -2.22. The number of carbonyl (C=O) groups is 2. The summed E-state index contributed by atoms with van der Waals surface area (Å²) in [6, 6.07) is 9.07. The summed E-state index contributed by atoms with van der Waals surface area (Å²) in [5.41, 5.74) is -1.05. The molecule has 0 aliphatic rings. The fourth-order valence-corrected chi connectivity index (χ4v) is 2.48. The van der Waals surface area contributed by atoms with E-state index in [0.29, 0.717) is 12.1 Å². The fraction of sp³-hybridized carbons (Fsp3) is 0.263. The molecule has 150 valence electrons. The van der Waals surface area contributed by atoms with Crippen LogP contribution in [0.25, 0.3) is 0 Å². The Kier molecular flexibility index (Phi) is 7.11. The van der Waals surface area contributed by atoms with Crippen LogP contribution in [-0.4, -0.2) is 29.6 Å². The topological polar surface area (TPSA) is 75.6 Å². The Hall–Kier alpha value is -2.94. The molecule has 5 nitrogen and oxygen atoms in total. The number of carboxylic acid groups (broad SMARTS) is 1. The normalized spacial score (nSPS) is 12.4. The van der Waals surface area contributed by atoms with Crippen molar-refractivity contribution in [1.29, 1.82) is 0 Å². The predicted octanol–water partition coefficient (Wildman–Crippen LogP) is 4.27. The Morgan fingerprint density at radius 1 is 1.11 bits per heavy atom. The third kappa shape index (κ3) is 6.34. The molecule has 0 radical (unpaired) electrons. The molecule has 0 unspecified atom stereocenters. The highest BCUT2D eigenvalue weighted by atomic mass is 19.4. The van der Waals surface area contributed by atoms with Gasteiger partial charge in [-0.15, -0.1) is 0 Å². The second kappa shape index (κ2) is 9.32.